The highest BCUT2D eigenvalue weighted by Crippen LogP contribution is 2.35. The van der Waals surface area contributed by atoms with Gasteiger partial charge in [-0.25, -0.2) is 13.8 Å². The number of hydrogen-bond donors (Lipinski definition) is 0. The van der Waals surface area contributed by atoms with Crippen molar-refractivity contribution in [3.63, 3.8) is 0 Å². The van der Waals surface area contributed by atoms with E-state index in [2.05, 4.69) is 4.98 Å². The summed E-state index contributed by atoms with van der Waals surface area (Å²) in [5.74, 6) is -1.63. The van der Waals surface area contributed by atoms with E-state index in [1.165, 1.54) is 23.9 Å². The smallest absolute Gasteiger partial charge is 0.207 e. The van der Waals surface area contributed by atoms with Gasteiger partial charge in [0.2, 0.25) is 5.28 Å². The van der Waals surface area contributed by atoms with Crippen LogP contribution < -0.4 is 4.74 Å². The summed E-state index contributed by atoms with van der Waals surface area (Å²) in [5, 5.41) is 0.606. The van der Waals surface area contributed by atoms with Gasteiger partial charge in [-0.3, -0.25) is 4.57 Å². The average Bonchev–Trinajstić information content (AvgIpc) is 2.90. The molecular formula is C16H10Cl2F2N2O. The van der Waals surface area contributed by atoms with Crippen molar-refractivity contribution in [2.75, 3.05) is 7.11 Å². The molecule has 1 heterocycles. The summed E-state index contributed by atoms with van der Waals surface area (Å²) in [6, 6.07) is 9.00. The average molecular weight is 355 g/mol. The highest BCUT2D eigenvalue weighted by Gasteiger charge is 2.22. The minimum atomic E-state index is -0.820. The Labute approximate surface area is 141 Å². The predicted molar refractivity (Wildman–Crippen MR) is 85.5 cm³/mol. The van der Waals surface area contributed by atoms with Crippen LogP contribution in [0.5, 0.6) is 5.75 Å². The third kappa shape index (κ3) is 2.78. The molecule has 0 fully saturated rings. The lowest BCUT2D eigenvalue weighted by Gasteiger charge is -2.12. The van der Waals surface area contributed by atoms with E-state index in [0.29, 0.717) is 10.7 Å². The first-order valence-electron chi connectivity index (χ1n) is 6.54. The number of halogens is 4. The second-order valence-corrected chi connectivity index (χ2v) is 5.44. The summed E-state index contributed by atoms with van der Waals surface area (Å²) in [6.45, 7) is 0. The molecule has 0 atom stereocenters. The zero-order valence-electron chi connectivity index (χ0n) is 11.9. The molecule has 2 aromatic carbocycles. The number of hydrogen-bond acceptors (Lipinski definition) is 2. The second kappa shape index (κ2) is 6.18. The Kier molecular flexibility index (Phi) is 4.24. The first-order valence-corrected chi connectivity index (χ1v) is 7.30. The van der Waals surface area contributed by atoms with Crippen molar-refractivity contribution in [2.45, 2.75) is 0 Å². The third-order valence-electron chi connectivity index (χ3n) is 3.34. The first-order chi connectivity index (χ1) is 11.0. The molecule has 0 saturated carbocycles. The quantitative estimate of drug-likeness (QED) is 0.651. The van der Waals surface area contributed by atoms with E-state index in [4.69, 9.17) is 27.9 Å². The van der Waals surface area contributed by atoms with Gasteiger partial charge in [0.25, 0.3) is 0 Å². The van der Waals surface area contributed by atoms with Crippen LogP contribution in [0.4, 0.5) is 8.78 Å². The number of nitrogens with zero attached hydrogens (tertiary/aromatic N) is 2. The van der Waals surface area contributed by atoms with Gasteiger partial charge < -0.3 is 4.74 Å². The van der Waals surface area contributed by atoms with Gasteiger partial charge in [-0.15, -0.1) is 0 Å². The monoisotopic (exact) mass is 354 g/mol. The van der Waals surface area contributed by atoms with Crippen molar-refractivity contribution >= 4 is 23.2 Å². The molecule has 7 heteroatoms. The van der Waals surface area contributed by atoms with E-state index in [-0.39, 0.29) is 22.3 Å². The van der Waals surface area contributed by atoms with Crippen LogP contribution in [-0.4, -0.2) is 16.7 Å². The van der Waals surface area contributed by atoms with Crippen LogP contribution in [0, 0.1) is 11.6 Å². The summed E-state index contributed by atoms with van der Waals surface area (Å²) in [7, 11) is 1.31. The molecule has 0 saturated heterocycles. The van der Waals surface area contributed by atoms with Gasteiger partial charge in [0.1, 0.15) is 5.82 Å². The van der Waals surface area contributed by atoms with E-state index < -0.39 is 11.6 Å². The molecule has 0 aliphatic heterocycles. The van der Waals surface area contributed by atoms with Crippen LogP contribution in [0.2, 0.25) is 10.3 Å². The van der Waals surface area contributed by atoms with Gasteiger partial charge in [0.05, 0.1) is 24.6 Å². The van der Waals surface area contributed by atoms with Crippen molar-refractivity contribution in [3.8, 4) is 22.7 Å². The lowest BCUT2D eigenvalue weighted by atomic mass is 10.1. The number of methoxy groups -OCH3 is 1. The second-order valence-electron chi connectivity index (χ2n) is 4.66. The van der Waals surface area contributed by atoms with Gasteiger partial charge in [-0.1, -0.05) is 11.6 Å². The molecule has 0 spiro atoms. The van der Waals surface area contributed by atoms with E-state index in [1.54, 1.807) is 24.3 Å². The maximum atomic E-state index is 14.5. The minimum Gasteiger partial charge on any atom is -0.494 e. The summed E-state index contributed by atoms with van der Waals surface area (Å²) in [6.07, 6.45) is 1.30. The van der Waals surface area contributed by atoms with E-state index in [1.807, 2.05) is 0 Å². The molecule has 0 aliphatic rings. The Hall–Kier alpha value is -2.11. The van der Waals surface area contributed by atoms with Crippen molar-refractivity contribution in [1.29, 1.82) is 0 Å². The van der Waals surface area contributed by atoms with E-state index in [9.17, 15) is 8.78 Å². The Balaban J connectivity index is 2.26. The first kappa shape index (κ1) is 15.8. The fraction of sp³-hybridized carbons (Fsp3) is 0.0625. The molecule has 3 rings (SSSR count). The Bertz CT molecular complexity index is 863. The standard InChI is InChI=1S/C16H10Cl2F2N2O/c1-23-13-7-6-11(19)14(15(13)20)12-8-21-16(18)22(12)10-4-2-9(17)3-5-10/h2-8H,1H3. The van der Waals surface area contributed by atoms with Crippen molar-refractivity contribution in [1.82, 2.24) is 9.55 Å². The summed E-state index contributed by atoms with van der Waals surface area (Å²) >= 11 is 12.0. The van der Waals surface area contributed by atoms with Crippen molar-refractivity contribution < 1.29 is 13.5 Å². The Morgan fingerprint density at radius 3 is 2.39 bits per heavy atom. The van der Waals surface area contributed by atoms with Gasteiger partial charge in [0.15, 0.2) is 11.6 Å². The van der Waals surface area contributed by atoms with E-state index >= 15 is 0 Å². The molecule has 0 aliphatic carbocycles. The van der Waals surface area contributed by atoms with Crippen LogP contribution in [-0.2, 0) is 0 Å². The van der Waals surface area contributed by atoms with E-state index in [0.717, 1.165) is 6.07 Å². The van der Waals surface area contributed by atoms with Crippen LogP contribution in [0.25, 0.3) is 16.9 Å². The molecular weight excluding hydrogens is 345 g/mol. The summed E-state index contributed by atoms with van der Waals surface area (Å²) in [5.41, 5.74) is 0.485. The largest absolute Gasteiger partial charge is 0.494 e. The Morgan fingerprint density at radius 2 is 1.74 bits per heavy atom. The van der Waals surface area contributed by atoms with Crippen molar-refractivity contribution in [2.24, 2.45) is 0 Å². The normalized spacial score (nSPS) is 10.8. The molecule has 0 radical (unpaired) electrons. The summed E-state index contributed by atoms with van der Waals surface area (Å²) < 4.78 is 35.1. The fourth-order valence-electron chi connectivity index (χ4n) is 2.27. The van der Waals surface area contributed by atoms with Crippen LogP contribution in [0.15, 0.2) is 42.6 Å². The SMILES string of the molecule is COc1ccc(F)c(-c2cnc(Cl)n2-c2ccc(Cl)cc2)c1F. The van der Waals surface area contributed by atoms with Gasteiger partial charge in [0, 0.05) is 10.7 Å². The maximum absolute atomic E-state index is 14.5. The summed E-state index contributed by atoms with van der Waals surface area (Å²) in [4.78, 5) is 3.95. The molecule has 3 aromatic rings. The highest BCUT2D eigenvalue weighted by atomic mass is 35.5. The van der Waals surface area contributed by atoms with Gasteiger partial charge in [-0.05, 0) is 48.0 Å². The minimum absolute atomic E-state index is 0.0682. The van der Waals surface area contributed by atoms with Crippen molar-refractivity contribution in [3.05, 3.63) is 64.5 Å². The molecule has 0 unspecified atom stereocenters. The molecule has 118 valence electrons. The molecule has 0 amide bonds. The highest BCUT2D eigenvalue weighted by molar-refractivity contribution is 6.30. The number of benzene rings is 2. The Morgan fingerprint density at radius 1 is 1.04 bits per heavy atom. The predicted octanol–water partition coefficient (Wildman–Crippen LogP) is 5.13. The number of aromatic nitrogens is 2. The lowest BCUT2D eigenvalue weighted by Crippen LogP contribution is -2.01. The molecule has 23 heavy (non-hydrogen) atoms. The van der Waals surface area contributed by atoms with Crippen LogP contribution in [0.1, 0.15) is 0 Å². The lowest BCUT2D eigenvalue weighted by molar-refractivity contribution is 0.385. The number of imidazole rings is 1. The molecule has 0 bridgehead atoms. The molecule has 3 nitrogen and oxygen atoms in total. The van der Waals surface area contributed by atoms with Gasteiger partial charge >= 0.3 is 0 Å². The van der Waals surface area contributed by atoms with Gasteiger partial charge in [-0.2, -0.15) is 0 Å². The number of rotatable bonds is 3. The zero-order chi connectivity index (χ0) is 16.6. The van der Waals surface area contributed by atoms with Crippen LogP contribution >= 0.6 is 23.2 Å². The molecule has 0 N–H and O–H groups in total. The van der Waals surface area contributed by atoms with Crippen LogP contribution in [0.3, 0.4) is 0 Å². The molecule has 1 aromatic heterocycles. The fourth-order valence-corrected chi connectivity index (χ4v) is 2.63. The topological polar surface area (TPSA) is 27.1 Å². The zero-order valence-corrected chi connectivity index (χ0v) is 13.4. The maximum Gasteiger partial charge on any atom is 0.207 e. The third-order valence-corrected chi connectivity index (χ3v) is 3.85. The number of ether oxygens (including phenoxy) is 1.